The SMILES string of the molecule is CN1C=NC(C(=O)N(Cc2cccc(OC(F)(F)F)c2)[C@H]2CC[C@@H](NC3CCC3)CC2)C1. The molecular weight excluding hydrogens is 421 g/mol. The molecule has 3 aliphatic rings. The monoisotopic (exact) mass is 452 g/mol. The highest BCUT2D eigenvalue weighted by Gasteiger charge is 2.35. The Morgan fingerprint density at radius 3 is 2.50 bits per heavy atom. The summed E-state index contributed by atoms with van der Waals surface area (Å²) < 4.78 is 42.0. The Balaban J connectivity index is 1.45. The molecule has 1 amide bonds. The summed E-state index contributed by atoms with van der Waals surface area (Å²) in [6.07, 6.45) is 4.44. The van der Waals surface area contributed by atoms with Crippen molar-refractivity contribution < 1.29 is 22.7 Å². The van der Waals surface area contributed by atoms with Crippen molar-refractivity contribution in [2.75, 3.05) is 13.6 Å². The molecule has 1 aromatic rings. The van der Waals surface area contributed by atoms with Crippen LogP contribution in [0.5, 0.6) is 5.75 Å². The van der Waals surface area contributed by atoms with Gasteiger partial charge in [0.1, 0.15) is 11.8 Å². The molecule has 0 aromatic heterocycles. The number of alkyl halides is 3. The molecule has 9 heteroatoms. The minimum atomic E-state index is -4.75. The predicted octanol–water partition coefficient (Wildman–Crippen LogP) is 3.71. The van der Waals surface area contributed by atoms with E-state index in [0.717, 1.165) is 25.7 Å². The number of hydrogen-bond acceptors (Lipinski definition) is 5. The summed E-state index contributed by atoms with van der Waals surface area (Å²) in [6.45, 7) is 0.764. The van der Waals surface area contributed by atoms with E-state index in [2.05, 4.69) is 15.0 Å². The number of amides is 1. The highest BCUT2D eigenvalue weighted by Crippen LogP contribution is 2.30. The van der Waals surface area contributed by atoms with Gasteiger partial charge in [-0.2, -0.15) is 0 Å². The summed E-state index contributed by atoms with van der Waals surface area (Å²) in [7, 11) is 1.87. The molecule has 1 unspecified atom stereocenters. The first-order valence-electron chi connectivity index (χ1n) is 11.4. The van der Waals surface area contributed by atoms with Gasteiger partial charge in [0.15, 0.2) is 0 Å². The molecule has 1 N–H and O–H groups in total. The number of carbonyl (C=O) groups excluding carboxylic acids is 1. The average molecular weight is 453 g/mol. The molecule has 2 fully saturated rings. The third-order valence-electron chi connectivity index (χ3n) is 6.67. The molecule has 0 bridgehead atoms. The van der Waals surface area contributed by atoms with Crippen LogP contribution in [0.25, 0.3) is 0 Å². The van der Waals surface area contributed by atoms with Crippen molar-refractivity contribution in [3.63, 3.8) is 0 Å². The lowest BCUT2D eigenvalue weighted by molar-refractivity contribution is -0.274. The summed E-state index contributed by atoms with van der Waals surface area (Å²) in [5.74, 6) is -0.336. The standard InChI is InChI=1S/C23H31F3N4O2/c1-29-14-21(27-15-29)22(31)30(13-16-4-2-7-20(12-16)32-23(24,25)26)19-10-8-18(9-11-19)28-17-5-3-6-17/h2,4,7,12,15,17-19,21,28H,3,5-6,8-11,13-14H2,1H3/t18-,19+,21?. The number of ether oxygens (including phenoxy) is 1. The molecule has 0 spiro atoms. The van der Waals surface area contributed by atoms with Crippen LogP contribution in [0.15, 0.2) is 29.3 Å². The Hall–Kier alpha value is -2.29. The molecule has 2 saturated carbocycles. The van der Waals surface area contributed by atoms with Gasteiger partial charge >= 0.3 is 6.36 Å². The van der Waals surface area contributed by atoms with Crippen molar-refractivity contribution >= 4 is 12.2 Å². The van der Waals surface area contributed by atoms with Crippen LogP contribution >= 0.6 is 0 Å². The molecule has 1 heterocycles. The lowest BCUT2D eigenvalue weighted by atomic mass is 9.86. The van der Waals surface area contributed by atoms with E-state index in [1.165, 1.54) is 37.5 Å². The van der Waals surface area contributed by atoms with E-state index in [1.54, 1.807) is 12.4 Å². The van der Waals surface area contributed by atoms with Gasteiger partial charge in [-0.05, 0) is 56.2 Å². The number of benzene rings is 1. The number of likely N-dealkylation sites (N-methyl/N-ethyl adjacent to an activating group) is 1. The molecule has 176 valence electrons. The van der Waals surface area contributed by atoms with E-state index in [0.29, 0.717) is 24.2 Å². The summed E-state index contributed by atoms with van der Waals surface area (Å²) in [5.41, 5.74) is 0.616. The fourth-order valence-corrected chi connectivity index (χ4v) is 4.78. The summed E-state index contributed by atoms with van der Waals surface area (Å²) in [6, 6.07) is 6.59. The van der Waals surface area contributed by atoms with E-state index in [1.807, 2.05) is 16.8 Å². The molecule has 0 saturated heterocycles. The maximum atomic E-state index is 13.4. The van der Waals surface area contributed by atoms with Crippen LogP contribution in [0, 0.1) is 0 Å². The van der Waals surface area contributed by atoms with Crippen LogP contribution < -0.4 is 10.1 Å². The van der Waals surface area contributed by atoms with Gasteiger partial charge in [-0.1, -0.05) is 18.6 Å². The van der Waals surface area contributed by atoms with Crippen LogP contribution in [0.2, 0.25) is 0 Å². The molecule has 4 rings (SSSR count). The maximum Gasteiger partial charge on any atom is 0.573 e. The average Bonchev–Trinajstić information content (AvgIpc) is 3.14. The number of hydrogen-bond donors (Lipinski definition) is 1. The van der Waals surface area contributed by atoms with Gasteiger partial charge in [0.05, 0.1) is 6.34 Å². The van der Waals surface area contributed by atoms with Crippen LogP contribution in [-0.4, -0.2) is 66.2 Å². The zero-order valence-corrected chi connectivity index (χ0v) is 18.4. The van der Waals surface area contributed by atoms with E-state index < -0.39 is 12.4 Å². The number of nitrogens with zero attached hydrogens (tertiary/aromatic N) is 3. The maximum absolute atomic E-state index is 13.4. The second-order valence-corrected chi connectivity index (χ2v) is 9.18. The highest BCUT2D eigenvalue weighted by atomic mass is 19.4. The van der Waals surface area contributed by atoms with Crippen molar-refractivity contribution in [2.24, 2.45) is 4.99 Å². The second-order valence-electron chi connectivity index (χ2n) is 9.18. The zero-order valence-electron chi connectivity index (χ0n) is 18.4. The van der Waals surface area contributed by atoms with Crippen LogP contribution in [0.3, 0.4) is 0 Å². The van der Waals surface area contributed by atoms with Crippen molar-refractivity contribution in [2.45, 2.75) is 82.0 Å². The zero-order chi connectivity index (χ0) is 22.7. The van der Waals surface area contributed by atoms with Gasteiger partial charge in [-0.15, -0.1) is 13.2 Å². The first-order chi connectivity index (χ1) is 15.3. The topological polar surface area (TPSA) is 57.2 Å². The Morgan fingerprint density at radius 2 is 1.91 bits per heavy atom. The Kier molecular flexibility index (Phi) is 6.93. The molecule has 1 aliphatic heterocycles. The predicted molar refractivity (Wildman–Crippen MR) is 115 cm³/mol. The normalized spacial score (nSPS) is 26.1. The number of halogens is 3. The van der Waals surface area contributed by atoms with Gasteiger partial charge in [0.25, 0.3) is 0 Å². The molecular formula is C23H31F3N4O2. The van der Waals surface area contributed by atoms with Gasteiger partial charge in [-0.25, -0.2) is 0 Å². The third-order valence-corrected chi connectivity index (χ3v) is 6.67. The first kappa shape index (κ1) is 22.9. The van der Waals surface area contributed by atoms with Gasteiger partial charge in [0, 0.05) is 38.3 Å². The quantitative estimate of drug-likeness (QED) is 0.685. The fraction of sp³-hybridized carbons (Fsp3) is 0.652. The molecule has 1 atom stereocenters. The number of aliphatic imine (C=N–C) groups is 1. The smallest absolute Gasteiger partial charge is 0.406 e. The lowest BCUT2D eigenvalue weighted by Crippen LogP contribution is -2.50. The van der Waals surface area contributed by atoms with E-state index in [9.17, 15) is 18.0 Å². The van der Waals surface area contributed by atoms with Gasteiger partial charge in [-0.3, -0.25) is 9.79 Å². The highest BCUT2D eigenvalue weighted by molar-refractivity contribution is 5.85. The van der Waals surface area contributed by atoms with Crippen molar-refractivity contribution in [1.82, 2.24) is 15.1 Å². The summed E-state index contributed by atoms with van der Waals surface area (Å²) in [4.78, 5) is 21.4. The second kappa shape index (κ2) is 9.68. The summed E-state index contributed by atoms with van der Waals surface area (Å²) in [5, 5.41) is 3.73. The van der Waals surface area contributed by atoms with E-state index in [4.69, 9.17) is 0 Å². The first-order valence-corrected chi connectivity index (χ1v) is 11.4. The van der Waals surface area contributed by atoms with Gasteiger partial charge in [0.2, 0.25) is 5.91 Å². The third kappa shape index (κ3) is 5.94. The Labute approximate surface area is 186 Å². The number of carbonyl (C=O) groups is 1. The number of nitrogens with one attached hydrogen (secondary N) is 1. The van der Waals surface area contributed by atoms with Crippen LogP contribution in [-0.2, 0) is 11.3 Å². The van der Waals surface area contributed by atoms with Crippen LogP contribution in [0.4, 0.5) is 13.2 Å². The van der Waals surface area contributed by atoms with Crippen molar-refractivity contribution in [3.05, 3.63) is 29.8 Å². The molecule has 1 aromatic carbocycles. The van der Waals surface area contributed by atoms with Crippen LogP contribution in [0.1, 0.15) is 50.5 Å². The van der Waals surface area contributed by atoms with Gasteiger partial charge < -0.3 is 19.9 Å². The van der Waals surface area contributed by atoms with E-state index in [-0.39, 0.29) is 24.2 Å². The minimum absolute atomic E-state index is 0.0511. The van der Waals surface area contributed by atoms with E-state index >= 15 is 0 Å². The largest absolute Gasteiger partial charge is 0.573 e. The molecule has 0 radical (unpaired) electrons. The van der Waals surface area contributed by atoms with Crippen molar-refractivity contribution in [3.8, 4) is 5.75 Å². The molecule has 6 nitrogen and oxygen atoms in total. The lowest BCUT2D eigenvalue weighted by Gasteiger charge is -2.40. The fourth-order valence-electron chi connectivity index (χ4n) is 4.78. The van der Waals surface area contributed by atoms with Crippen molar-refractivity contribution in [1.29, 1.82) is 0 Å². The molecule has 2 aliphatic carbocycles. The Bertz CT molecular complexity index is 820. The molecule has 32 heavy (non-hydrogen) atoms. The Morgan fingerprint density at radius 1 is 1.19 bits per heavy atom. The summed E-state index contributed by atoms with van der Waals surface area (Å²) >= 11 is 0. The minimum Gasteiger partial charge on any atom is -0.406 e. The number of rotatable bonds is 7.